The van der Waals surface area contributed by atoms with Gasteiger partial charge in [-0.3, -0.25) is 4.79 Å². The average molecular weight is 300 g/mol. The van der Waals surface area contributed by atoms with Crippen molar-refractivity contribution in [2.24, 2.45) is 0 Å². The van der Waals surface area contributed by atoms with Crippen LogP contribution in [0.15, 0.2) is 46.3 Å². The van der Waals surface area contributed by atoms with Crippen molar-refractivity contribution in [3.05, 3.63) is 36.4 Å². The Labute approximate surface area is 124 Å². The minimum atomic E-state index is -0.0920. The molecule has 2 aromatic heterocycles. The number of benzene rings is 1. The van der Waals surface area contributed by atoms with E-state index in [4.69, 9.17) is 5.73 Å². The van der Waals surface area contributed by atoms with Crippen LogP contribution in [0.25, 0.3) is 5.65 Å². The summed E-state index contributed by atoms with van der Waals surface area (Å²) < 4.78 is 1.49. The number of hydrogen-bond acceptors (Lipinski definition) is 6. The molecule has 3 N–H and O–H groups in total. The third kappa shape index (κ3) is 2.95. The van der Waals surface area contributed by atoms with Crippen molar-refractivity contribution < 1.29 is 4.79 Å². The van der Waals surface area contributed by atoms with E-state index in [1.165, 1.54) is 23.2 Å². The summed E-state index contributed by atoms with van der Waals surface area (Å²) in [5, 5.41) is 15.5. The van der Waals surface area contributed by atoms with Gasteiger partial charge in [0.05, 0.1) is 0 Å². The predicted molar refractivity (Wildman–Crippen MR) is 80.1 cm³/mol. The number of amides is 1. The zero-order valence-electron chi connectivity index (χ0n) is 11.1. The molecule has 2 heterocycles. The van der Waals surface area contributed by atoms with E-state index in [9.17, 15) is 4.79 Å². The lowest BCUT2D eigenvalue weighted by Crippen LogP contribution is -2.05. The molecule has 0 spiro atoms. The summed E-state index contributed by atoms with van der Waals surface area (Å²) in [4.78, 5) is 12.0. The van der Waals surface area contributed by atoms with Crippen LogP contribution in [0, 0.1) is 0 Å². The van der Waals surface area contributed by atoms with Gasteiger partial charge in [0.1, 0.15) is 5.03 Å². The Bertz CT molecular complexity index is 798. The maximum absolute atomic E-state index is 11.0. The summed E-state index contributed by atoms with van der Waals surface area (Å²) in [6.45, 7) is 1.48. The molecule has 0 atom stereocenters. The SMILES string of the molecule is CC(=O)Nc1ccc(Sc2ccc3nnc(N)n3n2)cc1. The third-order valence-corrected chi connectivity index (χ3v) is 3.59. The molecule has 1 amide bonds. The molecule has 0 radical (unpaired) electrons. The van der Waals surface area contributed by atoms with E-state index < -0.39 is 0 Å². The molecule has 7 nitrogen and oxygen atoms in total. The molecule has 0 aliphatic carbocycles. The Kier molecular flexibility index (Phi) is 3.44. The second kappa shape index (κ2) is 5.41. The van der Waals surface area contributed by atoms with Crippen molar-refractivity contribution in [1.29, 1.82) is 0 Å². The number of hydrogen-bond donors (Lipinski definition) is 2. The van der Waals surface area contributed by atoms with E-state index in [2.05, 4.69) is 20.6 Å². The first-order valence-corrected chi connectivity index (χ1v) is 6.97. The third-order valence-electron chi connectivity index (χ3n) is 2.66. The molecule has 0 fully saturated rings. The summed E-state index contributed by atoms with van der Waals surface area (Å²) in [6.07, 6.45) is 0. The first-order valence-electron chi connectivity index (χ1n) is 6.15. The zero-order valence-corrected chi connectivity index (χ0v) is 12.0. The van der Waals surface area contributed by atoms with Crippen LogP contribution in [0.5, 0.6) is 0 Å². The maximum atomic E-state index is 11.0. The Hall–Kier alpha value is -2.61. The fourth-order valence-electron chi connectivity index (χ4n) is 1.77. The van der Waals surface area contributed by atoms with Gasteiger partial charge < -0.3 is 11.1 Å². The van der Waals surface area contributed by atoms with Crippen LogP contribution >= 0.6 is 11.8 Å². The largest absolute Gasteiger partial charge is 0.366 e. The fourth-order valence-corrected chi connectivity index (χ4v) is 2.55. The fraction of sp³-hybridized carbons (Fsp3) is 0.0769. The lowest BCUT2D eigenvalue weighted by Gasteiger charge is -2.04. The topological polar surface area (TPSA) is 98.2 Å². The first kappa shape index (κ1) is 13.4. The highest BCUT2D eigenvalue weighted by atomic mass is 32.2. The molecule has 0 saturated carbocycles. The van der Waals surface area contributed by atoms with Gasteiger partial charge in [-0.25, -0.2) is 0 Å². The van der Waals surface area contributed by atoms with Crippen molar-refractivity contribution in [1.82, 2.24) is 19.8 Å². The van der Waals surface area contributed by atoms with Gasteiger partial charge in [0, 0.05) is 17.5 Å². The van der Waals surface area contributed by atoms with E-state index in [0.717, 1.165) is 15.6 Å². The molecule has 106 valence electrons. The molecular formula is C13H12N6OS. The van der Waals surface area contributed by atoms with Crippen LogP contribution in [0.4, 0.5) is 11.6 Å². The van der Waals surface area contributed by atoms with Crippen LogP contribution in [-0.2, 0) is 4.79 Å². The first-order chi connectivity index (χ1) is 10.1. The molecule has 0 unspecified atom stereocenters. The highest BCUT2D eigenvalue weighted by Crippen LogP contribution is 2.27. The number of carbonyl (C=O) groups is 1. The second-order valence-corrected chi connectivity index (χ2v) is 5.40. The van der Waals surface area contributed by atoms with Crippen LogP contribution in [-0.4, -0.2) is 25.7 Å². The van der Waals surface area contributed by atoms with Crippen molar-refractivity contribution >= 4 is 35.0 Å². The summed E-state index contributed by atoms with van der Waals surface area (Å²) in [5.74, 6) is 0.166. The molecule has 8 heteroatoms. The van der Waals surface area contributed by atoms with Gasteiger partial charge in [0.15, 0.2) is 5.65 Å². The maximum Gasteiger partial charge on any atom is 0.243 e. The number of anilines is 2. The number of nitrogen functional groups attached to an aromatic ring is 1. The van der Waals surface area contributed by atoms with E-state index in [1.807, 2.05) is 36.4 Å². The Morgan fingerprint density at radius 3 is 2.67 bits per heavy atom. The molecule has 3 aromatic rings. The van der Waals surface area contributed by atoms with Crippen LogP contribution < -0.4 is 11.1 Å². The molecule has 0 aliphatic heterocycles. The van der Waals surface area contributed by atoms with E-state index in [-0.39, 0.29) is 11.9 Å². The van der Waals surface area contributed by atoms with Gasteiger partial charge in [-0.15, -0.1) is 10.2 Å². The lowest BCUT2D eigenvalue weighted by molar-refractivity contribution is -0.114. The van der Waals surface area contributed by atoms with Crippen molar-refractivity contribution in [3.63, 3.8) is 0 Å². The monoisotopic (exact) mass is 300 g/mol. The lowest BCUT2D eigenvalue weighted by atomic mass is 10.3. The number of carbonyl (C=O) groups excluding carboxylic acids is 1. The zero-order chi connectivity index (χ0) is 14.8. The molecule has 21 heavy (non-hydrogen) atoms. The van der Waals surface area contributed by atoms with E-state index in [1.54, 1.807) is 0 Å². The van der Waals surface area contributed by atoms with Crippen molar-refractivity contribution in [2.45, 2.75) is 16.8 Å². The van der Waals surface area contributed by atoms with Crippen molar-refractivity contribution in [2.75, 3.05) is 11.1 Å². The molecule has 0 bridgehead atoms. The normalized spacial score (nSPS) is 10.7. The van der Waals surface area contributed by atoms with E-state index >= 15 is 0 Å². The number of aromatic nitrogens is 4. The quantitative estimate of drug-likeness (QED) is 0.765. The van der Waals surface area contributed by atoms with E-state index in [0.29, 0.717) is 5.65 Å². The van der Waals surface area contributed by atoms with Gasteiger partial charge in [0.25, 0.3) is 0 Å². The number of rotatable bonds is 3. The van der Waals surface area contributed by atoms with Gasteiger partial charge in [-0.05, 0) is 36.4 Å². The highest BCUT2D eigenvalue weighted by Gasteiger charge is 2.05. The molecule has 0 aliphatic rings. The van der Waals surface area contributed by atoms with Gasteiger partial charge in [-0.2, -0.15) is 9.61 Å². The Balaban J connectivity index is 1.81. The summed E-state index contributed by atoms with van der Waals surface area (Å²) in [5.41, 5.74) is 7.05. The van der Waals surface area contributed by atoms with Gasteiger partial charge >= 0.3 is 0 Å². The van der Waals surface area contributed by atoms with Crippen LogP contribution in [0.1, 0.15) is 6.92 Å². The van der Waals surface area contributed by atoms with Gasteiger partial charge in [-0.1, -0.05) is 11.8 Å². The molecule has 3 rings (SSSR count). The summed E-state index contributed by atoms with van der Waals surface area (Å²) in [6, 6.07) is 11.2. The number of nitrogens with one attached hydrogen (secondary N) is 1. The second-order valence-electron chi connectivity index (χ2n) is 4.31. The minimum absolute atomic E-state index is 0.0920. The average Bonchev–Trinajstić information content (AvgIpc) is 2.82. The minimum Gasteiger partial charge on any atom is -0.366 e. The molecule has 0 saturated heterocycles. The van der Waals surface area contributed by atoms with Crippen LogP contribution in [0.3, 0.4) is 0 Å². The van der Waals surface area contributed by atoms with Crippen molar-refractivity contribution in [3.8, 4) is 0 Å². The molecular weight excluding hydrogens is 288 g/mol. The molecule has 1 aromatic carbocycles. The van der Waals surface area contributed by atoms with Gasteiger partial charge in [0.2, 0.25) is 11.9 Å². The number of nitrogens with two attached hydrogens (primary N) is 1. The standard InChI is InChI=1S/C13H12N6OS/c1-8(20)15-9-2-4-10(5-3-9)21-12-7-6-11-16-17-13(14)19(11)18-12/h2-7H,1H3,(H2,14,17)(H,15,20). The number of nitrogens with zero attached hydrogens (tertiary/aromatic N) is 4. The summed E-state index contributed by atoms with van der Waals surface area (Å²) in [7, 11) is 0. The van der Waals surface area contributed by atoms with Crippen LogP contribution in [0.2, 0.25) is 0 Å². The number of fused-ring (bicyclic) bond motifs is 1. The highest BCUT2D eigenvalue weighted by molar-refractivity contribution is 7.99. The Morgan fingerprint density at radius 2 is 1.95 bits per heavy atom. The summed E-state index contributed by atoms with van der Waals surface area (Å²) >= 11 is 1.49. The smallest absolute Gasteiger partial charge is 0.243 e. The predicted octanol–water partition coefficient (Wildman–Crippen LogP) is 1.82. The Morgan fingerprint density at radius 1 is 1.19 bits per heavy atom.